The van der Waals surface area contributed by atoms with Crippen LogP contribution in [0.4, 0.5) is 13.2 Å². The van der Waals surface area contributed by atoms with Gasteiger partial charge in [-0.25, -0.2) is 8.42 Å². The molecule has 0 aliphatic carbocycles. The Morgan fingerprint density at radius 1 is 1.10 bits per heavy atom. The molecule has 29 heavy (non-hydrogen) atoms. The number of piperazine rings is 1. The second-order valence-corrected chi connectivity index (χ2v) is 9.01. The van der Waals surface area contributed by atoms with Crippen LogP contribution in [-0.2, 0) is 27.5 Å². The van der Waals surface area contributed by atoms with Gasteiger partial charge >= 0.3 is 6.18 Å². The largest absolute Gasteiger partial charge is 0.435 e. The summed E-state index contributed by atoms with van der Waals surface area (Å²) < 4.78 is 65.4. The van der Waals surface area contributed by atoms with Gasteiger partial charge in [-0.05, 0) is 24.3 Å². The Bertz CT molecular complexity index is 1020. The number of rotatable bonds is 4. The quantitative estimate of drug-likeness (QED) is 0.688. The Labute approximate surface area is 174 Å². The summed E-state index contributed by atoms with van der Waals surface area (Å²) in [5, 5.41) is 3.59. The number of benzene rings is 1. The summed E-state index contributed by atoms with van der Waals surface area (Å²) in [4.78, 5) is 13.6. The molecular weight excluding hydrogens is 456 g/mol. The number of carbonyl (C=O) groups is 1. The SMILES string of the molecule is O=C(Cn1ccc(C(F)(F)F)n1)N1CCN(S(=O)(=O)c2cc(Cl)ccc2Cl)CC1. The average Bonchev–Trinajstić information content (AvgIpc) is 3.12. The van der Waals surface area contributed by atoms with Crippen LogP contribution in [0, 0.1) is 0 Å². The zero-order valence-electron chi connectivity index (χ0n) is 14.7. The van der Waals surface area contributed by atoms with Crippen LogP contribution in [-0.4, -0.2) is 59.5 Å². The third-order valence-electron chi connectivity index (χ3n) is 4.33. The van der Waals surface area contributed by atoms with E-state index < -0.39 is 27.8 Å². The number of alkyl halides is 3. The molecule has 13 heteroatoms. The second-order valence-electron chi connectivity index (χ2n) is 6.26. The van der Waals surface area contributed by atoms with E-state index in [1.807, 2.05) is 0 Å². The lowest BCUT2D eigenvalue weighted by atomic mass is 10.3. The summed E-state index contributed by atoms with van der Waals surface area (Å²) >= 11 is 11.8. The number of nitrogens with zero attached hydrogens (tertiary/aromatic N) is 4. The maximum absolute atomic E-state index is 12.8. The van der Waals surface area contributed by atoms with E-state index in [0.29, 0.717) is 0 Å². The van der Waals surface area contributed by atoms with Crippen LogP contribution >= 0.6 is 23.2 Å². The molecule has 0 bridgehead atoms. The normalized spacial score (nSPS) is 16.2. The second kappa shape index (κ2) is 8.13. The van der Waals surface area contributed by atoms with Gasteiger partial charge in [-0.15, -0.1) is 0 Å². The molecule has 0 N–H and O–H groups in total. The molecule has 0 radical (unpaired) electrons. The van der Waals surface area contributed by atoms with E-state index in [1.165, 1.54) is 27.4 Å². The third kappa shape index (κ3) is 4.85. The van der Waals surface area contributed by atoms with E-state index in [1.54, 1.807) is 0 Å². The molecule has 1 aromatic heterocycles. The minimum atomic E-state index is -4.59. The van der Waals surface area contributed by atoms with Gasteiger partial charge in [-0.2, -0.15) is 22.6 Å². The summed E-state index contributed by atoms with van der Waals surface area (Å²) in [6, 6.07) is 4.90. The van der Waals surface area contributed by atoms with Crippen molar-refractivity contribution in [1.82, 2.24) is 19.0 Å². The molecule has 1 aliphatic heterocycles. The highest BCUT2D eigenvalue weighted by atomic mass is 35.5. The zero-order valence-corrected chi connectivity index (χ0v) is 17.1. The van der Waals surface area contributed by atoms with Crippen molar-refractivity contribution in [3.05, 3.63) is 46.2 Å². The highest BCUT2D eigenvalue weighted by Gasteiger charge is 2.34. The number of halogens is 5. The van der Waals surface area contributed by atoms with E-state index in [4.69, 9.17) is 23.2 Å². The van der Waals surface area contributed by atoms with Crippen LogP contribution in [0.15, 0.2) is 35.4 Å². The first-order valence-corrected chi connectivity index (χ1v) is 10.5. The first kappa shape index (κ1) is 21.9. The summed E-state index contributed by atoms with van der Waals surface area (Å²) in [6.07, 6.45) is -3.52. The Morgan fingerprint density at radius 3 is 2.34 bits per heavy atom. The molecule has 1 fully saturated rings. The van der Waals surface area contributed by atoms with Gasteiger partial charge in [0.25, 0.3) is 0 Å². The minimum absolute atomic E-state index is 0.0177. The van der Waals surface area contributed by atoms with Crippen LogP contribution in [0.5, 0.6) is 0 Å². The molecule has 1 saturated heterocycles. The van der Waals surface area contributed by atoms with Gasteiger partial charge in [-0.1, -0.05) is 23.2 Å². The highest BCUT2D eigenvalue weighted by Crippen LogP contribution is 2.29. The number of hydrogen-bond acceptors (Lipinski definition) is 4. The maximum atomic E-state index is 12.8. The molecule has 2 heterocycles. The lowest BCUT2D eigenvalue weighted by molar-refractivity contribution is -0.142. The lowest BCUT2D eigenvalue weighted by Crippen LogP contribution is -2.51. The van der Waals surface area contributed by atoms with Crippen molar-refractivity contribution in [3.8, 4) is 0 Å². The highest BCUT2D eigenvalue weighted by molar-refractivity contribution is 7.89. The van der Waals surface area contributed by atoms with Crippen LogP contribution < -0.4 is 0 Å². The van der Waals surface area contributed by atoms with Gasteiger partial charge in [0.05, 0.1) is 5.02 Å². The lowest BCUT2D eigenvalue weighted by Gasteiger charge is -2.34. The van der Waals surface area contributed by atoms with Gasteiger partial charge in [0.2, 0.25) is 15.9 Å². The third-order valence-corrected chi connectivity index (χ3v) is 6.95. The summed E-state index contributed by atoms with van der Waals surface area (Å²) in [7, 11) is -3.90. The number of hydrogen-bond donors (Lipinski definition) is 0. The topological polar surface area (TPSA) is 75.5 Å². The number of carbonyl (C=O) groups excluding carboxylic acids is 1. The van der Waals surface area contributed by atoms with Crippen LogP contribution in [0.25, 0.3) is 0 Å². The van der Waals surface area contributed by atoms with Crippen molar-refractivity contribution >= 4 is 39.1 Å². The molecule has 0 unspecified atom stereocenters. The molecule has 1 aromatic carbocycles. The molecule has 3 rings (SSSR count). The van der Waals surface area contributed by atoms with Crippen molar-refractivity contribution in [2.45, 2.75) is 17.6 Å². The van der Waals surface area contributed by atoms with Crippen LogP contribution in [0.2, 0.25) is 10.0 Å². The monoisotopic (exact) mass is 470 g/mol. The Balaban J connectivity index is 1.63. The Morgan fingerprint density at radius 2 is 1.76 bits per heavy atom. The Hall–Kier alpha value is -1.82. The number of amides is 1. The maximum Gasteiger partial charge on any atom is 0.435 e. The van der Waals surface area contributed by atoms with Crippen LogP contribution in [0.3, 0.4) is 0 Å². The van der Waals surface area contributed by atoms with E-state index >= 15 is 0 Å². The summed E-state index contributed by atoms with van der Waals surface area (Å²) in [5.74, 6) is -0.459. The molecule has 7 nitrogen and oxygen atoms in total. The summed E-state index contributed by atoms with van der Waals surface area (Å²) in [6.45, 7) is -0.163. The molecule has 1 aliphatic rings. The predicted molar refractivity (Wildman–Crippen MR) is 99.0 cm³/mol. The van der Waals surface area contributed by atoms with Gasteiger partial charge in [0.15, 0.2) is 5.69 Å². The smallest absolute Gasteiger partial charge is 0.338 e. The minimum Gasteiger partial charge on any atom is -0.338 e. The van der Waals surface area contributed by atoms with Crippen molar-refractivity contribution in [1.29, 1.82) is 0 Å². The summed E-state index contributed by atoms with van der Waals surface area (Å²) in [5.41, 5.74) is -1.08. The van der Waals surface area contributed by atoms with E-state index in [2.05, 4.69) is 5.10 Å². The first-order chi connectivity index (χ1) is 13.5. The fourth-order valence-corrected chi connectivity index (χ4v) is 4.99. The first-order valence-electron chi connectivity index (χ1n) is 8.32. The van der Waals surface area contributed by atoms with Crippen LogP contribution in [0.1, 0.15) is 5.69 Å². The molecule has 1 amide bonds. The van der Waals surface area contributed by atoms with Gasteiger partial charge in [-0.3, -0.25) is 9.48 Å². The predicted octanol–water partition coefficient (Wildman–Crippen LogP) is 2.74. The molecule has 0 spiro atoms. The van der Waals surface area contributed by atoms with Crippen molar-refractivity contribution < 1.29 is 26.4 Å². The van der Waals surface area contributed by atoms with Crippen molar-refractivity contribution in [2.75, 3.05) is 26.2 Å². The van der Waals surface area contributed by atoms with Crippen molar-refractivity contribution in [3.63, 3.8) is 0 Å². The van der Waals surface area contributed by atoms with E-state index in [0.717, 1.165) is 16.9 Å². The molecule has 0 saturated carbocycles. The standard InChI is InChI=1S/C16H15Cl2F3N4O3S/c17-11-1-2-12(18)13(9-11)29(27,28)25-7-5-23(6-8-25)15(26)10-24-4-3-14(22-24)16(19,20)21/h1-4,9H,5-8,10H2. The van der Waals surface area contributed by atoms with E-state index in [-0.39, 0.29) is 47.7 Å². The molecule has 0 atom stereocenters. The van der Waals surface area contributed by atoms with Gasteiger partial charge < -0.3 is 4.90 Å². The molecule has 2 aromatic rings. The van der Waals surface area contributed by atoms with E-state index in [9.17, 15) is 26.4 Å². The number of aromatic nitrogens is 2. The molecule has 158 valence electrons. The zero-order chi connectivity index (χ0) is 21.4. The average molecular weight is 471 g/mol. The van der Waals surface area contributed by atoms with Crippen molar-refractivity contribution in [2.24, 2.45) is 0 Å². The fourth-order valence-electron chi connectivity index (χ4n) is 2.83. The number of sulfonamides is 1. The van der Waals surface area contributed by atoms with Gasteiger partial charge in [0.1, 0.15) is 11.4 Å². The fraction of sp³-hybridized carbons (Fsp3) is 0.375. The Kier molecular flexibility index (Phi) is 6.13. The molecular formula is C16H15Cl2F3N4O3S. The van der Waals surface area contributed by atoms with Gasteiger partial charge in [0, 0.05) is 37.4 Å².